The van der Waals surface area contributed by atoms with Gasteiger partial charge in [0.05, 0.1) is 4.99 Å². The van der Waals surface area contributed by atoms with Crippen LogP contribution >= 0.6 is 24.0 Å². The number of nitrogens with two attached hydrogens (primary N) is 1. The zero-order valence-corrected chi connectivity index (χ0v) is 8.73. The van der Waals surface area contributed by atoms with Gasteiger partial charge in [0.15, 0.2) is 0 Å². The van der Waals surface area contributed by atoms with E-state index < -0.39 is 5.51 Å². The summed E-state index contributed by atoms with van der Waals surface area (Å²) in [6.45, 7) is 0.676. The Bertz CT molecular complexity index is 172. The number of likely N-dealkylation sites (N-methyl/N-ethyl adjacent to an activating group) is 1. The molecular weight excluding hydrogens is 221 g/mol. The van der Waals surface area contributed by atoms with E-state index in [0.717, 1.165) is 0 Å². The minimum absolute atomic E-state index is 0.00259. The molecule has 0 unspecified atom stereocenters. The normalized spacial score (nSPS) is 12.1. The van der Waals surface area contributed by atoms with E-state index in [0.29, 0.717) is 18.1 Å². The van der Waals surface area contributed by atoms with Crippen molar-refractivity contribution in [2.24, 2.45) is 5.73 Å². The summed E-state index contributed by atoms with van der Waals surface area (Å²) in [5.41, 5.74) is 1.06. The van der Waals surface area contributed by atoms with Gasteiger partial charge in [-0.3, -0.25) is 4.90 Å². The topological polar surface area (TPSA) is 29.3 Å². The van der Waals surface area contributed by atoms with Crippen LogP contribution in [0.4, 0.5) is 13.2 Å². The Hall–Kier alpha value is -0.0100. The quantitative estimate of drug-likeness (QED) is 0.727. The lowest BCUT2D eigenvalue weighted by Gasteiger charge is -2.15. The lowest BCUT2D eigenvalue weighted by atomic mass is 10.5. The molecule has 2 N–H and O–H groups in total. The van der Waals surface area contributed by atoms with Crippen LogP contribution in [0.3, 0.4) is 0 Å². The van der Waals surface area contributed by atoms with Crippen molar-refractivity contribution in [3.05, 3.63) is 0 Å². The largest absolute Gasteiger partial charge is 0.441 e. The number of rotatable bonds is 5. The molecule has 0 saturated heterocycles. The van der Waals surface area contributed by atoms with Gasteiger partial charge in [-0.2, -0.15) is 13.2 Å². The minimum atomic E-state index is -4.15. The molecule has 0 fully saturated rings. The number of thioether (sulfide) groups is 1. The molecular formula is C6H11F3N2S2. The standard InChI is InChI=1S/C6H11F3N2S2/c1-11(4-5(10)12)2-3-13-6(7,8)9/h2-4H2,1H3,(H2,10,12). The summed E-state index contributed by atoms with van der Waals surface area (Å²) in [6.07, 6.45) is 0. The molecule has 0 atom stereocenters. The van der Waals surface area contributed by atoms with Gasteiger partial charge in [0, 0.05) is 18.8 Å². The molecule has 0 aromatic heterocycles. The fourth-order valence-electron chi connectivity index (χ4n) is 0.662. The molecule has 0 saturated carbocycles. The molecule has 0 heterocycles. The van der Waals surface area contributed by atoms with Gasteiger partial charge in [0.25, 0.3) is 0 Å². The Kier molecular flexibility index (Phi) is 5.66. The maximum absolute atomic E-state index is 11.7. The van der Waals surface area contributed by atoms with Gasteiger partial charge in [-0.1, -0.05) is 12.2 Å². The highest BCUT2D eigenvalue weighted by atomic mass is 32.2. The van der Waals surface area contributed by atoms with Crippen molar-refractivity contribution >= 4 is 29.0 Å². The third kappa shape index (κ3) is 9.91. The van der Waals surface area contributed by atoms with Gasteiger partial charge in [-0.05, 0) is 18.8 Å². The first kappa shape index (κ1) is 13.0. The van der Waals surface area contributed by atoms with Crippen molar-refractivity contribution in [3.8, 4) is 0 Å². The highest BCUT2D eigenvalue weighted by Gasteiger charge is 2.27. The van der Waals surface area contributed by atoms with Crippen molar-refractivity contribution in [3.63, 3.8) is 0 Å². The molecule has 13 heavy (non-hydrogen) atoms. The van der Waals surface area contributed by atoms with E-state index in [9.17, 15) is 13.2 Å². The summed E-state index contributed by atoms with van der Waals surface area (Å²) in [5.74, 6) is 0.00259. The van der Waals surface area contributed by atoms with Crippen molar-refractivity contribution in [2.45, 2.75) is 5.51 Å². The molecule has 0 amide bonds. The summed E-state index contributed by atoms with van der Waals surface area (Å²) in [6, 6.07) is 0. The summed E-state index contributed by atoms with van der Waals surface area (Å²) >= 11 is 4.57. The molecule has 0 aliphatic carbocycles. The van der Waals surface area contributed by atoms with Crippen LogP contribution < -0.4 is 5.73 Å². The molecule has 0 aliphatic heterocycles. The summed E-state index contributed by atoms with van der Waals surface area (Å²) in [7, 11) is 1.68. The van der Waals surface area contributed by atoms with Crippen LogP contribution in [-0.2, 0) is 0 Å². The van der Waals surface area contributed by atoms with E-state index in [1.807, 2.05) is 0 Å². The Morgan fingerprint density at radius 2 is 2.08 bits per heavy atom. The fourth-order valence-corrected chi connectivity index (χ4v) is 1.52. The maximum atomic E-state index is 11.7. The summed E-state index contributed by atoms with van der Waals surface area (Å²) < 4.78 is 35.0. The van der Waals surface area contributed by atoms with Crippen LogP contribution in [0.25, 0.3) is 0 Å². The van der Waals surface area contributed by atoms with Crippen LogP contribution in [0.15, 0.2) is 0 Å². The third-order valence-electron chi connectivity index (χ3n) is 1.16. The lowest BCUT2D eigenvalue weighted by Crippen LogP contribution is -2.31. The average Bonchev–Trinajstić information content (AvgIpc) is 1.81. The fraction of sp³-hybridized carbons (Fsp3) is 0.833. The van der Waals surface area contributed by atoms with Crippen molar-refractivity contribution in [2.75, 3.05) is 25.9 Å². The van der Waals surface area contributed by atoms with Crippen molar-refractivity contribution in [1.82, 2.24) is 4.90 Å². The number of nitrogens with zero attached hydrogens (tertiary/aromatic N) is 1. The van der Waals surface area contributed by atoms with E-state index in [1.54, 1.807) is 11.9 Å². The van der Waals surface area contributed by atoms with Crippen molar-refractivity contribution in [1.29, 1.82) is 0 Å². The number of thiocarbonyl (C=S) groups is 1. The van der Waals surface area contributed by atoms with Crippen LogP contribution in [0.5, 0.6) is 0 Å². The maximum Gasteiger partial charge on any atom is 0.441 e. The molecule has 0 rings (SSSR count). The minimum Gasteiger partial charge on any atom is -0.392 e. The SMILES string of the molecule is CN(CCSC(F)(F)F)CC(N)=S. The monoisotopic (exact) mass is 232 g/mol. The molecule has 7 heteroatoms. The third-order valence-corrected chi connectivity index (χ3v) is 2.01. The van der Waals surface area contributed by atoms with E-state index in [4.69, 9.17) is 5.73 Å². The second-order valence-corrected chi connectivity index (χ2v) is 4.18. The van der Waals surface area contributed by atoms with Gasteiger partial charge in [0.2, 0.25) is 0 Å². The number of hydrogen-bond donors (Lipinski definition) is 1. The predicted octanol–water partition coefficient (Wildman–Crippen LogP) is 1.46. The van der Waals surface area contributed by atoms with Gasteiger partial charge < -0.3 is 5.73 Å². The number of halogens is 3. The van der Waals surface area contributed by atoms with E-state index in [2.05, 4.69) is 12.2 Å². The smallest absolute Gasteiger partial charge is 0.392 e. The van der Waals surface area contributed by atoms with Gasteiger partial charge in [0.1, 0.15) is 0 Å². The first-order valence-electron chi connectivity index (χ1n) is 3.49. The zero-order valence-electron chi connectivity index (χ0n) is 7.10. The highest BCUT2D eigenvalue weighted by Crippen LogP contribution is 2.29. The molecule has 0 radical (unpaired) electrons. The van der Waals surface area contributed by atoms with Gasteiger partial charge >= 0.3 is 5.51 Å². The zero-order chi connectivity index (χ0) is 10.5. The number of hydrogen-bond acceptors (Lipinski definition) is 3. The predicted molar refractivity (Wildman–Crippen MR) is 52.8 cm³/mol. The highest BCUT2D eigenvalue weighted by molar-refractivity contribution is 8.00. The van der Waals surface area contributed by atoms with Crippen LogP contribution in [0, 0.1) is 0 Å². The van der Waals surface area contributed by atoms with Crippen molar-refractivity contribution < 1.29 is 13.2 Å². The molecule has 78 valence electrons. The van der Waals surface area contributed by atoms with Crippen LogP contribution in [-0.4, -0.2) is 41.3 Å². The first-order chi connectivity index (χ1) is 5.81. The first-order valence-corrected chi connectivity index (χ1v) is 4.88. The van der Waals surface area contributed by atoms with Gasteiger partial charge in [-0.15, -0.1) is 0 Å². The molecule has 2 nitrogen and oxygen atoms in total. The van der Waals surface area contributed by atoms with E-state index in [1.165, 1.54) is 0 Å². The summed E-state index contributed by atoms with van der Waals surface area (Å²) in [4.78, 5) is 1.95. The second-order valence-electron chi connectivity index (χ2n) is 2.50. The van der Waals surface area contributed by atoms with E-state index in [-0.39, 0.29) is 17.5 Å². The average molecular weight is 232 g/mol. The summed E-state index contributed by atoms with van der Waals surface area (Å²) in [5, 5.41) is 0. The van der Waals surface area contributed by atoms with E-state index >= 15 is 0 Å². The number of alkyl halides is 3. The Labute approximate surface area is 84.6 Å². The molecule has 0 aromatic rings. The second kappa shape index (κ2) is 5.66. The van der Waals surface area contributed by atoms with Crippen LogP contribution in [0.1, 0.15) is 0 Å². The Morgan fingerprint density at radius 1 is 1.54 bits per heavy atom. The lowest BCUT2D eigenvalue weighted by molar-refractivity contribution is -0.0328. The molecule has 0 spiro atoms. The Balaban J connectivity index is 3.48. The molecule has 0 bridgehead atoms. The molecule has 0 aliphatic rings. The molecule has 0 aromatic carbocycles. The van der Waals surface area contributed by atoms with Gasteiger partial charge in [-0.25, -0.2) is 0 Å². The Morgan fingerprint density at radius 3 is 2.46 bits per heavy atom. The van der Waals surface area contributed by atoms with Crippen LogP contribution in [0.2, 0.25) is 0 Å².